The standard InChI is InChI=1S/C30H25F4N5O3S/c1-29(2,3)37-43(41,42)26-7-5-4-6-22(26)18-8-11-24-19(14-18)12-13-38(24)28(40)25-16-27(30(32,33)34)36-39(25)21-9-10-23(31)20(15-21)17-35/h4-11,14-16,37H,12-13H2,1-3H3. The highest BCUT2D eigenvalue weighted by atomic mass is 32.2. The predicted molar refractivity (Wildman–Crippen MR) is 151 cm³/mol. The molecule has 0 saturated carbocycles. The second kappa shape index (κ2) is 10.6. The van der Waals surface area contributed by atoms with Gasteiger partial charge in [0.1, 0.15) is 17.6 Å². The lowest BCUT2D eigenvalue weighted by Crippen LogP contribution is -2.40. The van der Waals surface area contributed by atoms with Gasteiger partial charge in [0, 0.05) is 29.4 Å². The zero-order chi connectivity index (χ0) is 31.3. The average molecular weight is 612 g/mol. The van der Waals surface area contributed by atoms with E-state index >= 15 is 0 Å². The molecule has 1 aliphatic heterocycles. The maximum absolute atomic E-state index is 13.9. The second-order valence-corrected chi connectivity index (χ2v) is 12.7. The number of fused-ring (bicyclic) bond motifs is 1. The van der Waals surface area contributed by atoms with Crippen molar-refractivity contribution in [1.29, 1.82) is 5.26 Å². The number of carbonyl (C=O) groups excluding carboxylic acids is 1. The van der Waals surface area contributed by atoms with Gasteiger partial charge in [-0.25, -0.2) is 22.2 Å². The van der Waals surface area contributed by atoms with Crippen molar-refractivity contribution in [2.45, 2.75) is 43.8 Å². The Kier molecular flexibility index (Phi) is 7.40. The third-order valence-corrected chi connectivity index (χ3v) is 8.50. The average Bonchev–Trinajstić information content (AvgIpc) is 3.57. The molecule has 0 saturated heterocycles. The summed E-state index contributed by atoms with van der Waals surface area (Å²) in [5.74, 6) is -1.65. The Morgan fingerprint density at radius 3 is 2.42 bits per heavy atom. The summed E-state index contributed by atoms with van der Waals surface area (Å²) in [5, 5.41) is 12.8. The summed E-state index contributed by atoms with van der Waals surface area (Å²) in [6, 6.07) is 16.8. The Hall–Kier alpha value is -4.54. The number of amides is 1. The number of nitrogens with one attached hydrogen (secondary N) is 1. The molecule has 43 heavy (non-hydrogen) atoms. The molecule has 222 valence electrons. The van der Waals surface area contributed by atoms with Gasteiger partial charge in [0.2, 0.25) is 10.0 Å². The first-order valence-corrected chi connectivity index (χ1v) is 14.5. The minimum Gasteiger partial charge on any atom is -0.306 e. The molecule has 1 N–H and O–H groups in total. The van der Waals surface area contributed by atoms with Gasteiger partial charge in [0.25, 0.3) is 5.91 Å². The zero-order valence-corrected chi connectivity index (χ0v) is 24.0. The molecular formula is C30H25F4N5O3S. The first kappa shape index (κ1) is 29.9. The Morgan fingerprint density at radius 2 is 1.74 bits per heavy atom. The number of hydrogen-bond acceptors (Lipinski definition) is 5. The SMILES string of the molecule is CC(C)(C)NS(=O)(=O)c1ccccc1-c1ccc2c(c1)CCN2C(=O)c1cc(C(F)(F)F)nn1-c1ccc(F)c(C#N)c1. The van der Waals surface area contributed by atoms with Crippen LogP contribution >= 0.6 is 0 Å². The minimum atomic E-state index is -4.87. The maximum Gasteiger partial charge on any atom is 0.435 e. The van der Waals surface area contributed by atoms with Crippen molar-refractivity contribution in [3.63, 3.8) is 0 Å². The normalized spacial score (nSPS) is 13.6. The first-order chi connectivity index (χ1) is 20.1. The molecule has 1 amide bonds. The fraction of sp³-hybridized carbons (Fsp3) is 0.233. The summed E-state index contributed by atoms with van der Waals surface area (Å²) in [6.07, 6.45) is -4.51. The van der Waals surface area contributed by atoms with Gasteiger partial charge >= 0.3 is 6.18 Å². The number of benzene rings is 3. The van der Waals surface area contributed by atoms with E-state index in [1.807, 2.05) is 0 Å². The second-order valence-electron chi connectivity index (χ2n) is 11.0. The van der Waals surface area contributed by atoms with Crippen LogP contribution in [0.4, 0.5) is 23.2 Å². The highest BCUT2D eigenvalue weighted by Crippen LogP contribution is 2.37. The Morgan fingerprint density at radius 1 is 1.02 bits per heavy atom. The number of aromatic nitrogens is 2. The van der Waals surface area contributed by atoms with Crippen LogP contribution in [0.25, 0.3) is 16.8 Å². The first-order valence-electron chi connectivity index (χ1n) is 13.0. The molecule has 8 nitrogen and oxygen atoms in total. The molecule has 0 atom stereocenters. The molecule has 1 aromatic heterocycles. The lowest BCUT2D eigenvalue weighted by atomic mass is 10.0. The van der Waals surface area contributed by atoms with Crippen LogP contribution in [0.5, 0.6) is 0 Å². The molecule has 0 unspecified atom stereocenters. The van der Waals surface area contributed by atoms with E-state index in [0.29, 0.717) is 34.9 Å². The van der Waals surface area contributed by atoms with Crippen molar-refractivity contribution >= 4 is 21.6 Å². The van der Waals surface area contributed by atoms with Crippen LogP contribution in [-0.2, 0) is 22.6 Å². The van der Waals surface area contributed by atoms with Crippen molar-refractivity contribution in [2.75, 3.05) is 11.4 Å². The van der Waals surface area contributed by atoms with Crippen LogP contribution in [0.15, 0.2) is 71.6 Å². The molecule has 0 radical (unpaired) electrons. The fourth-order valence-electron chi connectivity index (χ4n) is 4.92. The molecule has 3 aromatic carbocycles. The number of rotatable bonds is 5. The van der Waals surface area contributed by atoms with Crippen molar-refractivity contribution in [1.82, 2.24) is 14.5 Å². The molecule has 4 aromatic rings. The van der Waals surface area contributed by atoms with E-state index in [0.717, 1.165) is 22.9 Å². The summed E-state index contributed by atoms with van der Waals surface area (Å²) in [6.45, 7) is 5.34. The fourth-order valence-corrected chi connectivity index (χ4v) is 6.56. The van der Waals surface area contributed by atoms with E-state index in [2.05, 4.69) is 9.82 Å². The Labute approximate surface area is 245 Å². The summed E-state index contributed by atoms with van der Waals surface area (Å²) in [7, 11) is -3.88. The highest BCUT2D eigenvalue weighted by molar-refractivity contribution is 7.89. The Bertz CT molecular complexity index is 1900. The van der Waals surface area contributed by atoms with E-state index in [-0.39, 0.29) is 17.1 Å². The number of hydrogen-bond donors (Lipinski definition) is 1. The Balaban J connectivity index is 1.54. The number of alkyl halides is 3. The molecular weight excluding hydrogens is 586 g/mol. The minimum absolute atomic E-state index is 0.0791. The number of anilines is 1. The van der Waals surface area contributed by atoms with Crippen LogP contribution in [0.1, 0.15) is 48.1 Å². The van der Waals surface area contributed by atoms with E-state index in [1.54, 1.807) is 63.2 Å². The third-order valence-electron chi connectivity index (χ3n) is 6.68. The van der Waals surface area contributed by atoms with E-state index in [9.17, 15) is 36.0 Å². The van der Waals surface area contributed by atoms with Gasteiger partial charge in [-0.2, -0.15) is 23.5 Å². The quantitative estimate of drug-likeness (QED) is 0.285. The largest absolute Gasteiger partial charge is 0.435 e. The van der Waals surface area contributed by atoms with Crippen molar-refractivity contribution < 1.29 is 30.8 Å². The van der Waals surface area contributed by atoms with Gasteiger partial charge in [-0.1, -0.05) is 24.3 Å². The van der Waals surface area contributed by atoms with E-state index in [4.69, 9.17) is 0 Å². The van der Waals surface area contributed by atoms with Gasteiger partial charge in [-0.05, 0) is 74.7 Å². The molecule has 2 heterocycles. The summed E-state index contributed by atoms with van der Waals surface area (Å²) in [4.78, 5) is 15.1. The molecule has 1 aliphatic rings. The zero-order valence-electron chi connectivity index (χ0n) is 23.2. The molecule has 0 aliphatic carbocycles. The smallest absolute Gasteiger partial charge is 0.306 e. The summed E-state index contributed by atoms with van der Waals surface area (Å²) in [5.41, 5.74) is -0.802. The van der Waals surface area contributed by atoms with Gasteiger partial charge in [-0.15, -0.1) is 0 Å². The van der Waals surface area contributed by atoms with Gasteiger partial charge in [0.05, 0.1) is 16.1 Å². The number of carbonyl (C=O) groups is 1. The van der Waals surface area contributed by atoms with Crippen molar-refractivity contribution in [3.05, 3.63) is 95.1 Å². The number of sulfonamides is 1. The topological polar surface area (TPSA) is 108 Å². The lowest BCUT2D eigenvalue weighted by Gasteiger charge is -2.22. The molecule has 0 fully saturated rings. The van der Waals surface area contributed by atoms with Crippen LogP contribution in [0.2, 0.25) is 0 Å². The molecule has 0 spiro atoms. The van der Waals surface area contributed by atoms with Crippen molar-refractivity contribution in [3.8, 4) is 22.9 Å². The molecule has 0 bridgehead atoms. The van der Waals surface area contributed by atoms with Crippen LogP contribution < -0.4 is 9.62 Å². The lowest BCUT2D eigenvalue weighted by molar-refractivity contribution is -0.141. The number of nitriles is 1. The van der Waals surface area contributed by atoms with Gasteiger partial charge < -0.3 is 4.90 Å². The summed E-state index contributed by atoms with van der Waals surface area (Å²) >= 11 is 0. The van der Waals surface area contributed by atoms with Crippen LogP contribution in [-0.4, -0.2) is 36.2 Å². The highest BCUT2D eigenvalue weighted by Gasteiger charge is 2.38. The van der Waals surface area contributed by atoms with E-state index in [1.165, 1.54) is 11.0 Å². The predicted octanol–water partition coefficient (Wildman–Crippen LogP) is 5.85. The molecule has 5 rings (SSSR count). The van der Waals surface area contributed by atoms with Crippen LogP contribution in [0, 0.1) is 17.1 Å². The maximum atomic E-state index is 13.9. The van der Waals surface area contributed by atoms with E-state index < -0.39 is 50.4 Å². The van der Waals surface area contributed by atoms with Gasteiger partial charge in [0.15, 0.2) is 5.69 Å². The summed E-state index contributed by atoms with van der Waals surface area (Å²) < 4.78 is 84.6. The van der Waals surface area contributed by atoms with Crippen LogP contribution in [0.3, 0.4) is 0 Å². The monoisotopic (exact) mass is 611 g/mol. The van der Waals surface area contributed by atoms with Gasteiger partial charge in [-0.3, -0.25) is 4.79 Å². The molecule has 13 heteroatoms. The van der Waals surface area contributed by atoms with Crippen molar-refractivity contribution in [2.24, 2.45) is 0 Å². The third kappa shape index (κ3) is 5.89. The number of halogens is 4. The number of nitrogens with zero attached hydrogens (tertiary/aromatic N) is 4.